The summed E-state index contributed by atoms with van der Waals surface area (Å²) in [7, 11) is 3.66. The van der Waals surface area contributed by atoms with Crippen molar-refractivity contribution >= 4 is 17.7 Å². The Morgan fingerprint density at radius 1 is 1.25 bits per heavy atom. The number of aromatic nitrogens is 8. The Bertz CT molecular complexity index is 705. The summed E-state index contributed by atoms with van der Waals surface area (Å²) in [5.41, 5.74) is 0. The van der Waals surface area contributed by atoms with E-state index in [9.17, 15) is 0 Å². The first kappa shape index (κ1) is 12.5. The van der Waals surface area contributed by atoms with Gasteiger partial charge >= 0.3 is 0 Å². The van der Waals surface area contributed by atoms with Crippen molar-refractivity contribution in [3.8, 4) is 5.95 Å². The normalized spacial score (nSPS) is 10.7. The standard InChI is InChI=1S/C10H11N9S/c1-11-7-15-8(19-6-12-5-14-19)17-9(16-7)20-10-13-3-4-18(10)2/h3-6H,1-2H3,(H,11,15,16,17). The van der Waals surface area contributed by atoms with Gasteiger partial charge in [-0.2, -0.15) is 24.7 Å². The number of hydrogen-bond donors (Lipinski definition) is 1. The molecule has 0 saturated heterocycles. The van der Waals surface area contributed by atoms with E-state index < -0.39 is 0 Å². The highest BCUT2D eigenvalue weighted by atomic mass is 32.2. The van der Waals surface area contributed by atoms with E-state index in [1.807, 2.05) is 17.8 Å². The van der Waals surface area contributed by atoms with Crippen molar-refractivity contribution in [2.24, 2.45) is 7.05 Å². The molecule has 0 unspecified atom stereocenters. The second-order valence-corrected chi connectivity index (χ2v) is 4.69. The highest BCUT2D eigenvalue weighted by molar-refractivity contribution is 7.99. The van der Waals surface area contributed by atoms with E-state index in [4.69, 9.17) is 0 Å². The van der Waals surface area contributed by atoms with E-state index in [2.05, 4.69) is 35.3 Å². The van der Waals surface area contributed by atoms with Crippen LogP contribution in [0.5, 0.6) is 0 Å². The van der Waals surface area contributed by atoms with Gasteiger partial charge < -0.3 is 9.88 Å². The number of imidazole rings is 1. The number of nitrogens with one attached hydrogen (secondary N) is 1. The smallest absolute Gasteiger partial charge is 0.257 e. The van der Waals surface area contributed by atoms with Crippen molar-refractivity contribution in [2.45, 2.75) is 10.3 Å². The van der Waals surface area contributed by atoms with Gasteiger partial charge in [-0.3, -0.25) is 0 Å². The molecule has 9 nitrogen and oxygen atoms in total. The van der Waals surface area contributed by atoms with Gasteiger partial charge in [0.05, 0.1) is 0 Å². The third kappa shape index (κ3) is 2.45. The minimum Gasteiger partial charge on any atom is -0.357 e. The summed E-state index contributed by atoms with van der Waals surface area (Å²) in [6, 6.07) is 0. The van der Waals surface area contributed by atoms with Crippen LogP contribution >= 0.6 is 11.8 Å². The van der Waals surface area contributed by atoms with E-state index in [0.29, 0.717) is 17.1 Å². The van der Waals surface area contributed by atoms with E-state index in [-0.39, 0.29) is 0 Å². The van der Waals surface area contributed by atoms with Crippen LogP contribution in [0.15, 0.2) is 35.4 Å². The molecule has 20 heavy (non-hydrogen) atoms. The lowest BCUT2D eigenvalue weighted by Crippen LogP contribution is -2.08. The third-order valence-electron chi connectivity index (χ3n) is 2.41. The zero-order chi connectivity index (χ0) is 13.9. The molecule has 0 radical (unpaired) electrons. The number of anilines is 1. The molecular formula is C10H11N9S. The summed E-state index contributed by atoms with van der Waals surface area (Å²) in [5, 5.41) is 8.24. The van der Waals surface area contributed by atoms with E-state index >= 15 is 0 Å². The Labute approximate surface area is 118 Å². The lowest BCUT2D eigenvalue weighted by molar-refractivity contribution is 0.752. The van der Waals surface area contributed by atoms with Gasteiger partial charge in [0.15, 0.2) is 5.16 Å². The van der Waals surface area contributed by atoms with Gasteiger partial charge in [-0.1, -0.05) is 0 Å². The van der Waals surface area contributed by atoms with Crippen LogP contribution in [0.2, 0.25) is 0 Å². The number of hydrogen-bond acceptors (Lipinski definition) is 8. The molecule has 10 heteroatoms. The second kappa shape index (κ2) is 5.25. The Balaban J connectivity index is 1.98. The van der Waals surface area contributed by atoms with Crippen LogP contribution in [-0.4, -0.2) is 46.3 Å². The molecule has 102 valence electrons. The van der Waals surface area contributed by atoms with Crippen LogP contribution in [0.4, 0.5) is 5.95 Å². The van der Waals surface area contributed by atoms with Gasteiger partial charge in [0, 0.05) is 26.5 Å². The quantitative estimate of drug-likeness (QED) is 0.736. The Hall–Kier alpha value is -2.49. The Kier molecular flexibility index (Phi) is 3.29. The molecule has 0 aliphatic rings. The molecule has 3 heterocycles. The maximum absolute atomic E-state index is 4.35. The summed E-state index contributed by atoms with van der Waals surface area (Å²) in [5.74, 6) is 0.862. The van der Waals surface area contributed by atoms with Crippen molar-refractivity contribution in [1.29, 1.82) is 0 Å². The van der Waals surface area contributed by atoms with Crippen molar-refractivity contribution in [3.05, 3.63) is 25.0 Å². The average Bonchev–Trinajstić information content (AvgIpc) is 3.11. The van der Waals surface area contributed by atoms with Crippen molar-refractivity contribution in [2.75, 3.05) is 12.4 Å². The number of nitrogens with zero attached hydrogens (tertiary/aromatic N) is 8. The maximum atomic E-state index is 4.35. The molecule has 0 aromatic carbocycles. The molecule has 0 aliphatic heterocycles. The monoisotopic (exact) mass is 289 g/mol. The van der Waals surface area contributed by atoms with Crippen LogP contribution in [0, 0.1) is 0 Å². The Morgan fingerprint density at radius 3 is 2.80 bits per heavy atom. The van der Waals surface area contributed by atoms with E-state index in [0.717, 1.165) is 5.16 Å². The fraction of sp³-hybridized carbons (Fsp3) is 0.200. The zero-order valence-corrected chi connectivity index (χ0v) is 11.6. The van der Waals surface area contributed by atoms with Crippen molar-refractivity contribution < 1.29 is 0 Å². The predicted octanol–water partition coefficient (Wildman–Crippen LogP) is 0.379. The molecule has 0 spiro atoms. The van der Waals surface area contributed by atoms with E-state index in [1.165, 1.54) is 29.1 Å². The van der Waals surface area contributed by atoms with Crippen LogP contribution < -0.4 is 5.32 Å². The molecule has 0 bridgehead atoms. The van der Waals surface area contributed by atoms with Crippen molar-refractivity contribution in [1.82, 2.24) is 39.3 Å². The third-order valence-corrected chi connectivity index (χ3v) is 3.35. The largest absolute Gasteiger partial charge is 0.357 e. The summed E-state index contributed by atoms with van der Waals surface area (Å²) in [6.07, 6.45) is 6.54. The molecular weight excluding hydrogens is 278 g/mol. The van der Waals surface area contributed by atoms with E-state index in [1.54, 1.807) is 13.2 Å². The predicted molar refractivity (Wildman–Crippen MR) is 71.6 cm³/mol. The molecule has 0 fully saturated rings. The minimum atomic E-state index is 0.401. The highest BCUT2D eigenvalue weighted by Gasteiger charge is 2.11. The van der Waals surface area contributed by atoms with Crippen LogP contribution in [-0.2, 0) is 7.05 Å². The van der Waals surface area contributed by atoms with Crippen LogP contribution in [0.3, 0.4) is 0 Å². The maximum Gasteiger partial charge on any atom is 0.257 e. The van der Waals surface area contributed by atoms with Gasteiger partial charge in [-0.05, 0) is 11.8 Å². The first-order valence-electron chi connectivity index (χ1n) is 5.70. The fourth-order valence-electron chi connectivity index (χ4n) is 1.45. The van der Waals surface area contributed by atoms with Gasteiger partial charge in [0.25, 0.3) is 5.95 Å². The zero-order valence-electron chi connectivity index (χ0n) is 10.8. The Morgan fingerprint density at radius 2 is 2.15 bits per heavy atom. The summed E-state index contributed by atoms with van der Waals surface area (Å²) < 4.78 is 3.37. The lowest BCUT2D eigenvalue weighted by atomic mass is 10.8. The molecule has 0 amide bonds. The average molecular weight is 289 g/mol. The summed E-state index contributed by atoms with van der Waals surface area (Å²) in [4.78, 5) is 21.0. The van der Waals surface area contributed by atoms with Gasteiger partial charge in [0.1, 0.15) is 12.7 Å². The van der Waals surface area contributed by atoms with Gasteiger partial charge in [-0.25, -0.2) is 9.97 Å². The fourth-order valence-corrected chi connectivity index (χ4v) is 2.19. The molecule has 3 aromatic rings. The SMILES string of the molecule is CNc1nc(Sc2nccn2C)nc(-n2cncn2)n1. The first-order valence-corrected chi connectivity index (χ1v) is 6.52. The van der Waals surface area contributed by atoms with Gasteiger partial charge in [0.2, 0.25) is 11.1 Å². The number of aryl methyl sites for hydroxylation is 1. The molecule has 3 rings (SSSR count). The highest BCUT2D eigenvalue weighted by Crippen LogP contribution is 2.23. The summed E-state index contributed by atoms with van der Waals surface area (Å²) >= 11 is 1.35. The van der Waals surface area contributed by atoms with Gasteiger partial charge in [-0.15, -0.1) is 0 Å². The molecule has 0 saturated carbocycles. The number of rotatable bonds is 4. The molecule has 0 aliphatic carbocycles. The molecule has 1 N–H and O–H groups in total. The second-order valence-electron chi connectivity index (χ2n) is 3.75. The minimum absolute atomic E-state index is 0.401. The summed E-state index contributed by atoms with van der Waals surface area (Å²) in [6.45, 7) is 0. The van der Waals surface area contributed by atoms with Crippen LogP contribution in [0.1, 0.15) is 0 Å². The topological polar surface area (TPSA) is 99.2 Å². The molecule has 3 aromatic heterocycles. The van der Waals surface area contributed by atoms with Crippen LogP contribution in [0.25, 0.3) is 5.95 Å². The lowest BCUT2D eigenvalue weighted by Gasteiger charge is -2.05. The van der Waals surface area contributed by atoms with Crippen molar-refractivity contribution in [3.63, 3.8) is 0 Å². The first-order chi connectivity index (χ1) is 9.76. The molecule has 0 atom stereocenters.